The quantitative estimate of drug-likeness (QED) is 0.899. The Balaban J connectivity index is 2.60. The van der Waals surface area contributed by atoms with Gasteiger partial charge < -0.3 is 5.11 Å². The standard InChI is InChI=1S/C11H14BrFOS/c1-2-15-7-9(14)6-8-4-3-5-10(13)11(8)12/h3-5,9,14H,2,6-7H2,1H3. The number of aliphatic hydroxyl groups is 1. The Morgan fingerprint density at radius 2 is 2.27 bits per heavy atom. The van der Waals surface area contributed by atoms with Gasteiger partial charge in [-0.2, -0.15) is 11.8 Å². The average Bonchev–Trinajstić information content (AvgIpc) is 2.22. The smallest absolute Gasteiger partial charge is 0.137 e. The van der Waals surface area contributed by atoms with Crippen molar-refractivity contribution in [2.24, 2.45) is 0 Å². The Hall–Kier alpha value is -0.0600. The van der Waals surface area contributed by atoms with Crippen LogP contribution in [-0.4, -0.2) is 22.7 Å². The molecule has 0 radical (unpaired) electrons. The summed E-state index contributed by atoms with van der Waals surface area (Å²) in [7, 11) is 0. The Morgan fingerprint density at radius 3 is 2.93 bits per heavy atom. The second kappa shape index (κ2) is 6.51. The molecule has 1 unspecified atom stereocenters. The van der Waals surface area contributed by atoms with Crippen molar-refractivity contribution in [3.05, 3.63) is 34.1 Å². The van der Waals surface area contributed by atoms with Gasteiger partial charge in [0.15, 0.2) is 0 Å². The highest BCUT2D eigenvalue weighted by Gasteiger charge is 2.10. The summed E-state index contributed by atoms with van der Waals surface area (Å²) in [5.74, 6) is 1.41. The molecular formula is C11H14BrFOS. The van der Waals surface area contributed by atoms with E-state index >= 15 is 0 Å². The fourth-order valence-electron chi connectivity index (χ4n) is 1.27. The van der Waals surface area contributed by atoms with Gasteiger partial charge >= 0.3 is 0 Å². The fraction of sp³-hybridized carbons (Fsp3) is 0.455. The third-order valence-corrected chi connectivity index (χ3v) is 3.92. The zero-order valence-electron chi connectivity index (χ0n) is 8.54. The van der Waals surface area contributed by atoms with Crippen LogP contribution in [0, 0.1) is 5.82 Å². The zero-order valence-corrected chi connectivity index (χ0v) is 10.9. The lowest BCUT2D eigenvalue weighted by Crippen LogP contribution is -2.14. The molecular weight excluding hydrogens is 279 g/mol. The number of hydrogen-bond donors (Lipinski definition) is 1. The monoisotopic (exact) mass is 292 g/mol. The first kappa shape index (κ1) is 13.0. The second-order valence-corrected chi connectivity index (χ2v) is 5.34. The Kier molecular flexibility index (Phi) is 5.64. The van der Waals surface area contributed by atoms with Crippen LogP contribution in [0.3, 0.4) is 0 Å². The average molecular weight is 293 g/mol. The molecule has 1 aromatic rings. The van der Waals surface area contributed by atoms with Crippen LogP contribution in [0.4, 0.5) is 4.39 Å². The second-order valence-electron chi connectivity index (χ2n) is 3.23. The maximum absolute atomic E-state index is 13.1. The normalized spacial score (nSPS) is 12.8. The molecule has 0 aliphatic carbocycles. The number of rotatable bonds is 5. The van der Waals surface area contributed by atoms with E-state index in [1.165, 1.54) is 6.07 Å². The predicted molar refractivity (Wildman–Crippen MR) is 66.8 cm³/mol. The van der Waals surface area contributed by atoms with E-state index in [0.717, 1.165) is 11.3 Å². The molecule has 1 N–H and O–H groups in total. The molecule has 1 nitrogen and oxygen atoms in total. The van der Waals surface area contributed by atoms with Gasteiger partial charge in [0, 0.05) is 12.2 Å². The fourth-order valence-corrected chi connectivity index (χ4v) is 2.32. The van der Waals surface area contributed by atoms with Crippen molar-refractivity contribution in [2.75, 3.05) is 11.5 Å². The number of benzene rings is 1. The minimum absolute atomic E-state index is 0.275. The molecule has 1 atom stereocenters. The molecule has 0 aliphatic heterocycles. The van der Waals surface area contributed by atoms with Gasteiger partial charge in [-0.25, -0.2) is 4.39 Å². The third-order valence-electron chi connectivity index (χ3n) is 2.00. The Morgan fingerprint density at radius 1 is 1.53 bits per heavy atom. The van der Waals surface area contributed by atoms with Crippen LogP contribution in [0.5, 0.6) is 0 Å². The van der Waals surface area contributed by atoms with E-state index in [-0.39, 0.29) is 5.82 Å². The van der Waals surface area contributed by atoms with Crippen LogP contribution < -0.4 is 0 Å². The molecule has 4 heteroatoms. The van der Waals surface area contributed by atoms with Crippen LogP contribution in [0.15, 0.2) is 22.7 Å². The van der Waals surface area contributed by atoms with Crippen LogP contribution in [0.1, 0.15) is 12.5 Å². The van der Waals surface area contributed by atoms with Gasteiger partial charge in [0.25, 0.3) is 0 Å². The largest absolute Gasteiger partial charge is 0.392 e. The molecule has 84 valence electrons. The summed E-state index contributed by atoms with van der Waals surface area (Å²) in [4.78, 5) is 0. The lowest BCUT2D eigenvalue weighted by atomic mass is 10.1. The maximum Gasteiger partial charge on any atom is 0.137 e. The molecule has 0 aliphatic rings. The molecule has 0 bridgehead atoms. The van der Waals surface area contributed by atoms with Crippen LogP contribution in [0.25, 0.3) is 0 Å². The van der Waals surface area contributed by atoms with Gasteiger partial charge in [-0.05, 0) is 33.3 Å². The number of aliphatic hydroxyl groups excluding tert-OH is 1. The molecule has 15 heavy (non-hydrogen) atoms. The zero-order chi connectivity index (χ0) is 11.3. The van der Waals surface area contributed by atoms with E-state index in [1.54, 1.807) is 17.8 Å². The van der Waals surface area contributed by atoms with E-state index < -0.39 is 6.10 Å². The summed E-state index contributed by atoms with van der Waals surface area (Å²) < 4.78 is 13.6. The van der Waals surface area contributed by atoms with Gasteiger partial charge in [0.2, 0.25) is 0 Å². The van der Waals surface area contributed by atoms with E-state index in [2.05, 4.69) is 22.9 Å². The molecule has 0 aromatic heterocycles. The third kappa shape index (κ3) is 4.13. The van der Waals surface area contributed by atoms with Crippen molar-refractivity contribution >= 4 is 27.7 Å². The Labute approximate surface area is 102 Å². The van der Waals surface area contributed by atoms with Crippen molar-refractivity contribution in [1.29, 1.82) is 0 Å². The first-order valence-electron chi connectivity index (χ1n) is 4.83. The van der Waals surface area contributed by atoms with E-state index in [0.29, 0.717) is 16.6 Å². The predicted octanol–water partition coefficient (Wildman–Crippen LogP) is 3.24. The minimum atomic E-state index is -0.409. The molecule has 1 rings (SSSR count). The first-order chi connectivity index (χ1) is 7.15. The van der Waals surface area contributed by atoms with Crippen molar-refractivity contribution < 1.29 is 9.50 Å². The lowest BCUT2D eigenvalue weighted by Gasteiger charge is -2.11. The van der Waals surface area contributed by atoms with Crippen molar-refractivity contribution in [1.82, 2.24) is 0 Å². The van der Waals surface area contributed by atoms with Gasteiger partial charge in [0.1, 0.15) is 5.82 Å². The molecule has 0 amide bonds. The number of halogens is 2. The van der Waals surface area contributed by atoms with Gasteiger partial charge in [-0.1, -0.05) is 19.1 Å². The summed E-state index contributed by atoms with van der Waals surface area (Å²) in [6.45, 7) is 2.05. The van der Waals surface area contributed by atoms with E-state index in [4.69, 9.17) is 0 Å². The SMILES string of the molecule is CCSCC(O)Cc1cccc(F)c1Br. The van der Waals surface area contributed by atoms with Crippen molar-refractivity contribution in [2.45, 2.75) is 19.4 Å². The molecule has 1 aromatic carbocycles. The highest BCUT2D eigenvalue weighted by Crippen LogP contribution is 2.22. The van der Waals surface area contributed by atoms with Crippen LogP contribution >= 0.6 is 27.7 Å². The van der Waals surface area contributed by atoms with Crippen LogP contribution in [0.2, 0.25) is 0 Å². The molecule has 0 saturated carbocycles. The topological polar surface area (TPSA) is 20.2 Å². The summed E-state index contributed by atoms with van der Waals surface area (Å²) in [5, 5.41) is 9.68. The van der Waals surface area contributed by atoms with E-state index in [9.17, 15) is 9.50 Å². The molecule has 0 fully saturated rings. The summed E-state index contributed by atoms with van der Waals surface area (Å²) in [6, 6.07) is 4.89. The highest BCUT2D eigenvalue weighted by molar-refractivity contribution is 9.10. The molecule has 0 spiro atoms. The summed E-state index contributed by atoms with van der Waals surface area (Å²) in [6.07, 6.45) is 0.0822. The highest BCUT2D eigenvalue weighted by atomic mass is 79.9. The maximum atomic E-state index is 13.1. The summed E-state index contributed by atoms with van der Waals surface area (Å²) >= 11 is 4.87. The number of hydrogen-bond acceptors (Lipinski definition) is 2. The Bertz CT molecular complexity index is 319. The van der Waals surface area contributed by atoms with Gasteiger partial charge in [-0.3, -0.25) is 0 Å². The first-order valence-corrected chi connectivity index (χ1v) is 6.78. The lowest BCUT2D eigenvalue weighted by molar-refractivity contribution is 0.200. The molecule has 0 heterocycles. The summed E-state index contributed by atoms with van der Waals surface area (Å²) in [5.41, 5.74) is 0.819. The minimum Gasteiger partial charge on any atom is -0.392 e. The van der Waals surface area contributed by atoms with Crippen LogP contribution in [-0.2, 0) is 6.42 Å². The number of thioether (sulfide) groups is 1. The van der Waals surface area contributed by atoms with Gasteiger partial charge in [-0.15, -0.1) is 0 Å². The van der Waals surface area contributed by atoms with Crippen molar-refractivity contribution in [3.8, 4) is 0 Å². The van der Waals surface area contributed by atoms with Gasteiger partial charge in [0.05, 0.1) is 10.6 Å². The van der Waals surface area contributed by atoms with E-state index in [1.807, 2.05) is 6.07 Å². The van der Waals surface area contributed by atoms with Crippen molar-refractivity contribution in [3.63, 3.8) is 0 Å². The molecule has 0 saturated heterocycles.